The van der Waals surface area contributed by atoms with Crippen molar-refractivity contribution >= 4 is 13.6 Å². The molecule has 0 aromatic rings. The summed E-state index contributed by atoms with van der Waals surface area (Å²) in [5, 5.41) is 0. The van der Waals surface area contributed by atoms with Gasteiger partial charge in [0.15, 0.2) is 0 Å². The molecule has 0 spiro atoms. The molecule has 6 heteroatoms. The summed E-state index contributed by atoms with van der Waals surface area (Å²) in [7, 11) is -3.66. The summed E-state index contributed by atoms with van der Waals surface area (Å²) in [4.78, 5) is 20.3. The van der Waals surface area contributed by atoms with E-state index in [-0.39, 0.29) is 19.6 Å². The first-order valence-electron chi connectivity index (χ1n) is 4.56. The Morgan fingerprint density at radius 1 is 1.43 bits per heavy atom. The standard InChI is InChI=1S/C8H17O5P/c1-4-12-8(9)6-7(3)14(10,11)13-5-2/h7H,4-6H2,1-3H3,(H,10,11). The average Bonchev–Trinajstić information content (AvgIpc) is 2.04. The van der Waals surface area contributed by atoms with Gasteiger partial charge in [0.05, 0.1) is 25.3 Å². The molecule has 2 unspecified atom stereocenters. The molecule has 5 nitrogen and oxygen atoms in total. The largest absolute Gasteiger partial charge is 0.466 e. The minimum Gasteiger partial charge on any atom is -0.466 e. The molecule has 84 valence electrons. The van der Waals surface area contributed by atoms with Crippen LogP contribution in [-0.2, 0) is 18.6 Å². The molecule has 0 bridgehead atoms. The first-order chi connectivity index (χ1) is 6.44. The Balaban J connectivity index is 4.12. The van der Waals surface area contributed by atoms with E-state index in [1.54, 1.807) is 13.8 Å². The van der Waals surface area contributed by atoms with Crippen molar-refractivity contribution in [3.05, 3.63) is 0 Å². The molecule has 0 saturated carbocycles. The second-order valence-corrected chi connectivity index (χ2v) is 5.11. The van der Waals surface area contributed by atoms with Crippen molar-refractivity contribution in [2.45, 2.75) is 32.9 Å². The van der Waals surface area contributed by atoms with Crippen LogP contribution in [0.5, 0.6) is 0 Å². The number of ether oxygens (including phenoxy) is 1. The third kappa shape index (κ3) is 4.74. The third-order valence-electron chi connectivity index (χ3n) is 1.64. The van der Waals surface area contributed by atoms with E-state index in [9.17, 15) is 14.3 Å². The number of carbonyl (C=O) groups excluding carboxylic acids is 1. The van der Waals surface area contributed by atoms with E-state index < -0.39 is 19.2 Å². The molecule has 0 aromatic carbocycles. The smallest absolute Gasteiger partial charge is 0.331 e. The number of carbonyl (C=O) groups is 1. The van der Waals surface area contributed by atoms with Gasteiger partial charge >= 0.3 is 13.6 Å². The summed E-state index contributed by atoms with van der Waals surface area (Å²) >= 11 is 0. The van der Waals surface area contributed by atoms with Crippen LogP contribution in [0.1, 0.15) is 27.2 Å². The highest BCUT2D eigenvalue weighted by atomic mass is 31.2. The van der Waals surface area contributed by atoms with Gasteiger partial charge < -0.3 is 14.2 Å². The van der Waals surface area contributed by atoms with Gasteiger partial charge in [0, 0.05) is 0 Å². The van der Waals surface area contributed by atoms with Crippen LogP contribution in [0.4, 0.5) is 0 Å². The maximum Gasteiger partial charge on any atom is 0.331 e. The molecule has 1 N–H and O–H groups in total. The molecule has 2 atom stereocenters. The third-order valence-corrected chi connectivity index (χ3v) is 3.56. The van der Waals surface area contributed by atoms with Gasteiger partial charge in [0.1, 0.15) is 0 Å². The number of hydrogen-bond acceptors (Lipinski definition) is 4. The zero-order valence-electron chi connectivity index (χ0n) is 8.73. The molecular weight excluding hydrogens is 207 g/mol. The summed E-state index contributed by atoms with van der Waals surface area (Å²) < 4.78 is 20.7. The van der Waals surface area contributed by atoms with E-state index in [4.69, 9.17) is 0 Å². The van der Waals surface area contributed by atoms with E-state index in [1.807, 2.05) is 0 Å². The normalized spacial score (nSPS) is 17.1. The SMILES string of the molecule is CCOC(=O)CC(C)P(=O)(O)OCC. The van der Waals surface area contributed by atoms with Gasteiger partial charge in [-0.1, -0.05) is 6.92 Å². The Labute approximate surface area is 83.9 Å². The number of esters is 1. The topological polar surface area (TPSA) is 72.8 Å². The highest BCUT2D eigenvalue weighted by Crippen LogP contribution is 2.48. The van der Waals surface area contributed by atoms with Crippen molar-refractivity contribution in [1.29, 1.82) is 0 Å². The fourth-order valence-corrected chi connectivity index (χ4v) is 1.89. The Bertz CT molecular complexity index is 228. The van der Waals surface area contributed by atoms with Crippen molar-refractivity contribution in [2.24, 2.45) is 0 Å². The molecule has 0 aliphatic rings. The molecule has 0 aliphatic carbocycles. The van der Waals surface area contributed by atoms with E-state index in [0.29, 0.717) is 0 Å². The maximum absolute atomic E-state index is 11.4. The summed E-state index contributed by atoms with van der Waals surface area (Å²) in [6.07, 6.45) is -0.0956. The van der Waals surface area contributed by atoms with Crippen molar-refractivity contribution in [1.82, 2.24) is 0 Å². The van der Waals surface area contributed by atoms with E-state index >= 15 is 0 Å². The quantitative estimate of drug-likeness (QED) is 0.547. The Morgan fingerprint density at radius 2 is 2.00 bits per heavy atom. The second-order valence-electron chi connectivity index (χ2n) is 2.84. The first kappa shape index (κ1) is 13.6. The molecule has 0 aliphatic heterocycles. The van der Waals surface area contributed by atoms with Gasteiger partial charge in [0.2, 0.25) is 0 Å². The van der Waals surface area contributed by atoms with Gasteiger partial charge in [-0.3, -0.25) is 9.36 Å². The van der Waals surface area contributed by atoms with Crippen LogP contribution >= 0.6 is 7.60 Å². The minimum atomic E-state index is -3.66. The Kier molecular flexibility index (Phi) is 6.00. The Hall–Kier alpha value is -0.380. The number of hydrogen-bond donors (Lipinski definition) is 1. The molecule has 0 rings (SSSR count). The molecule has 0 heterocycles. The van der Waals surface area contributed by atoms with Crippen LogP contribution in [0, 0.1) is 0 Å². The maximum atomic E-state index is 11.4. The summed E-state index contributed by atoms with van der Waals surface area (Å²) in [5.74, 6) is -0.478. The Morgan fingerprint density at radius 3 is 2.43 bits per heavy atom. The van der Waals surface area contributed by atoms with E-state index in [2.05, 4.69) is 9.26 Å². The lowest BCUT2D eigenvalue weighted by molar-refractivity contribution is -0.143. The summed E-state index contributed by atoms with van der Waals surface area (Å²) in [6.45, 7) is 5.23. The fourth-order valence-electron chi connectivity index (χ4n) is 0.889. The van der Waals surface area contributed by atoms with E-state index in [0.717, 1.165) is 0 Å². The minimum absolute atomic E-state index is 0.0956. The summed E-state index contributed by atoms with van der Waals surface area (Å²) in [6, 6.07) is 0. The first-order valence-corrected chi connectivity index (χ1v) is 6.21. The van der Waals surface area contributed by atoms with Gasteiger partial charge in [-0.05, 0) is 13.8 Å². The van der Waals surface area contributed by atoms with Crippen molar-refractivity contribution in [2.75, 3.05) is 13.2 Å². The van der Waals surface area contributed by atoms with Crippen LogP contribution in [-0.4, -0.2) is 29.7 Å². The predicted molar refractivity (Wildman–Crippen MR) is 52.2 cm³/mol. The zero-order valence-corrected chi connectivity index (χ0v) is 9.62. The monoisotopic (exact) mass is 224 g/mol. The molecule has 0 aromatic heterocycles. The lowest BCUT2D eigenvalue weighted by atomic mass is 10.3. The van der Waals surface area contributed by atoms with Crippen LogP contribution in [0.3, 0.4) is 0 Å². The molecule has 0 fully saturated rings. The molecule has 0 saturated heterocycles. The molecule has 0 amide bonds. The highest BCUT2D eigenvalue weighted by Gasteiger charge is 2.30. The van der Waals surface area contributed by atoms with Crippen LogP contribution in [0.25, 0.3) is 0 Å². The van der Waals surface area contributed by atoms with Crippen LogP contribution < -0.4 is 0 Å². The number of rotatable bonds is 6. The molecule has 0 radical (unpaired) electrons. The lowest BCUT2D eigenvalue weighted by Crippen LogP contribution is -2.14. The predicted octanol–water partition coefficient (Wildman–Crippen LogP) is 1.55. The van der Waals surface area contributed by atoms with Gasteiger partial charge in [-0.2, -0.15) is 0 Å². The average molecular weight is 224 g/mol. The summed E-state index contributed by atoms with van der Waals surface area (Å²) in [5.41, 5.74) is -0.721. The van der Waals surface area contributed by atoms with Crippen LogP contribution in [0.2, 0.25) is 0 Å². The van der Waals surface area contributed by atoms with Gasteiger partial charge in [-0.15, -0.1) is 0 Å². The molecule has 14 heavy (non-hydrogen) atoms. The molecular formula is C8H17O5P. The van der Waals surface area contributed by atoms with Gasteiger partial charge in [-0.25, -0.2) is 0 Å². The van der Waals surface area contributed by atoms with Crippen LogP contribution in [0.15, 0.2) is 0 Å². The van der Waals surface area contributed by atoms with Crippen molar-refractivity contribution in [3.63, 3.8) is 0 Å². The fraction of sp³-hybridized carbons (Fsp3) is 0.875. The van der Waals surface area contributed by atoms with E-state index in [1.165, 1.54) is 6.92 Å². The highest BCUT2D eigenvalue weighted by molar-refractivity contribution is 7.53. The second kappa shape index (κ2) is 6.17. The van der Waals surface area contributed by atoms with Crippen molar-refractivity contribution in [3.8, 4) is 0 Å². The van der Waals surface area contributed by atoms with Crippen molar-refractivity contribution < 1.29 is 23.5 Å². The lowest BCUT2D eigenvalue weighted by Gasteiger charge is -2.17. The zero-order chi connectivity index (χ0) is 11.2. The van der Waals surface area contributed by atoms with Gasteiger partial charge in [0.25, 0.3) is 0 Å².